The first-order valence-electron chi connectivity index (χ1n) is 6.69. The van der Waals surface area contributed by atoms with E-state index in [1.54, 1.807) is 0 Å². The molecule has 0 heterocycles. The molecule has 5 heteroatoms. The molecule has 0 bridgehead atoms. The standard InChI is InChI=1S/C14H28N2O3/c1-9(2)12(13(18)19-6)16-11(17)7-10(15)8-14(3,4)5/h9-10,12H,7-8,15H2,1-6H3,(H,16,17). The predicted molar refractivity (Wildman–Crippen MR) is 75.4 cm³/mol. The zero-order valence-corrected chi connectivity index (χ0v) is 12.9. The molecule has 0 radical (unpaired) electrons. The Bertz CT molecular complexity index is 308. The summed E-state index contributed by atoms with van der Waals surface area (Å²) < 4.78 is 4.68. The van der Waals surface area contributed by atoms with Gasteiger partial charge in [-0.3, -0.25) is 4.79 Å². The lowest BCUT2D eigenvalue weighted by Gasteiger charge is -2.24. The van der Waals surface area contributed by atoms with E-state index >= 15 is 0 Å². The molecule has 0 fully saturated rings. The van der Waals surface area contributed by atoms with Crippen LogP contribution in [0.4, 0.5) is 0 Å². The minimum absolute atomic E-state index is 0.0183. The van der Waals surface area contributed by atoms with E-state index in [0.717, 1.165) is 6.42 Å². The van der Waals surface area contributed by atoms with Crippen LogP contribution in [0.5, 0.6) is 0 Å². The van der Waals surface area contributed by atoms with Gasteiger partial charge in [0.25, 0.3) is 0 Å². The van der Waals surface area contributed by atoms with E-state index < -0.39 is 12.0 Å². The van der Waals surface area contributed by atoms with Crippen LogP contribution in [0.25, 0.3) is 0 Å². The molecule has 0 saturated carbocycles. The highest BCUT2D eigenvalue weighted by Crippen LogP contribution is 2.21. The van der Waals surface area contributed by atoms with Crippen LogP contribution in [0, 0.1) is 11.3 Å². The molecule has 0 saturated heterocycles. The number of ether oxygens (including phenoxy) is 1. The Morgan fingerprint density at radius 2 is 1.79 bits per heavy atom. The van der Waals surface area contributed by atoms with Gasteiger partial charge in [0.15, 0.2) is 0 Å². The number of esters is 1. The third-order valence-electron chi connectivity index (χ3n) is 2.76. The van der Waals surface area contributed by atoms with Gasteiger partial charge in [-0.2, -0.15) is 0 Å². The van der Waals surface area contributed by atoms with Crippen LogP contribution >= 0.6 is 0 Å². The average Bonchev–Trinajstić information content (AvgIpc) is 2.21. The first-order valence-corrected chi connectivity index (χ1v) is 6.69. The van der Waals surface area contributed by atoms with Crippen molar-refractivity contribution < 1.29 is 14.3 Å². The molecule has 5 nitrogen and oxygen atoms in total. The SMILES string of the molecule is COC(=O)C(NC(=O)CC(N)CC(C)(C)C)C(C)C. The topological polar surface area (TPSA) is 81.4 Å². The smallest absolute Gasteiger partial charge is 0.328 e. The van der Waals surface area contributed by atoms with E-state index in [9.17, 15) is 9.59 Å². The molecule has 3 N–H and O–H groups in total. The van der Waals surface area contributed by atoms with Crippen LogP contribution in [0.1, 0.15) is 47.5 Å². The molecule has 0 aromatic carbocycles. The van der Waals surface area contributed by atoms with E-state index in [1.807, 2.05) is 13.8 Å². The Morgan fingerprint density at radius 1 is 1.26 bits per heavy atom. The summed E-state index contributed by atoms with van der Waals surface area (Å²) in [5, 5.41) is 2.69. The highest BCUT2D eigenvalue weighted by molar-refractivity contribution is 5.84. The second kappa shape index (κ2) is 7.48. The Morgan fingerprint density at radius 3 is 2.16 bits per heavy atom. The molecule has 1 amide bonds. The molecular formula is C14H28N2O3. The molecule has 0 aliphatic carbocycles. The fraction of sp³-hybridized carbons (Fsp3) is 0.857. The number of carbonyl (C=O) groups excluding carboxylic acids is 2. The van der Waals surface area contributed by atoms with Gasteiger partial charge >= 0.3 is 5.97 Å². The van der Waals surface area contributed by atoms with Crippen LogP contribution in [0.3, 0.4) is 0 Å². The third-order valence-corrected chi connectivity index (χ3v) is 2.76. The lowest BCUT2D eigenvalue weighted by molar-refractivity contribution is -0.146. The maximum Gasteiger partial charge on any atom is 0.328 e. The van der Waals surface area contributed by atoms with Crippen molar-refractivity contribution in [1.82, 2.24) is 5.32 Å². The van der Waals surface area contributed by atoms with Gasteiger partial charge in [-0.1, -0.05) is 34.6 Å². The molecule has 2 unspecified atom stereocenters. The van der Waals surface area contributed by atoms with Gasteiger partial charge in [-0.15, -0.1) is 0 Å². The first kappa shape index (κ1) is 17.9. The molecule has 0 aliphatic heterocycles. The number of hydrogen-bond acceptors (Lipinski definition) is 4. The molecule has 0 aromatic rings. The van der Waals surface area contributed by atoms with Crippen molar-refractivity contribution in [1.29, 1.82) is 0 Å². The number of nitrogens with two attached hydrogens (primary N) is 1. The largest absolute Gasteiger partial charge is 0.467 e. The molecule has 0 spiro atoms. The van der Waals surface area contributed by atoms with Crippen LogP contribution in [-0.4, -0.2) is 31.1 Å². The minimum Gasteiger partial charge on any atom is -0.467 e. The summed E-state index contributed by atoms with van der Waals surface area (Å²) in [7, 11) is 1.31. The molecular weight excluding hydrogens is 244 g/mol. The normalized spacial score (nSPS) is 14.9. The van der Waals surface area contributed by atoms with Crippen LogP contribution < -0.4 is 11.1 Å². The van der Waals surface area contributed by atoms with Gasteiger partial charge < -0.3 is 15.8 Å². The molecule has 0 aromatic heterocycles. The quantitative estimate of drug-likeness (QED) is 0.717. The average molecular weight is 272 g/mol. The summed E-state index contributed by atoms with van der Waals surface area (Å²) in [6, 6.07) is -0.815. The lowest BCUT2D eigenvalue weighted by atomic mass is 9.87. The number of nitrogens with one attached hydrogen (secondary N) is 1. The number of methoxy groups -OCH3 is 1. The van der Waals surface area contributed by atoms with Gasteiger partial charge in [-0.25, -0.2) is 4.79 Å². The van der Waals surface area contributed by atoms with E-state index in [2.05, 4.69) is 30.8 Å². The molecule has 112 valence electrons. The van der Waals surface area contributed by atoms with E-state index in [4.69, 9.17) is 5.73 Å². The summed E-state index contributed by atoms with van der Waals surface area (Å²) in [6.07, 6.45) is 0.975. The van der Waals surface area contributed by atoms with Gasteiger partial charge in [0.1, 0.15) is 6.04 Å². The highest BCUT2D eigenvalue weighted by atomic mass is 16.5. The number of amides is 1. The van der Waals surface area contributed by atoms with Crippen LogP contribution in [0.15, 0.2) is 0 Å². The number of rotatable bonds is 6. The lowest BCUT2D eigenvalue weighted by Crippen LogP contribution is -2.46. The zero-order valence-electron chi connectivity index (χ0n) is 12.9. The Labute approximate surface area is 116 Å². The van der Waals surface area contributed by atoms with Crippen molar-refractivity contribution in [3.05, 3.63) is 0 Å². The van der Waals surface area contributed by atoms with Crippen molar-refractivity contribution >= 4 is 11.9 Å². The predicted octanol–water partition coefficient (Wildman–Crippen LogP) is 1.45. The summed E-state index contributed by atoms with van der Waals surface area (Å²) in [6.45, 7) is 9.95. The highest BCUT2D eigenvalue weighted by Gasteiger charge is 2.26. The van der Waals surface area contributed by atoms with Gasteiger partial charge in [-0.05, 0) is 17.8 Å². The Kier molecular flexibility index (Phi) is 7.05. The fourth-order valence-electron chi connectivity index (χ4n) is 1.95. The molecule has 19 heavy (non-hydrogen) atoms. The van der Waals surface area contributed by atoms with E-state index in [0.29, 0.717) is 0 Å². The maximum atomic E-state index is 11.9. The molecule has 2 atom stereocenters. The van der Waals surface area contributed by atoms with Gasteiger partial charge in [0.05, 0.1) is 7.11 Å². The van der Waals surface area contributed by atoms with Crippen molar-refractivity contribution in [2.75, 3.05) is 7.11 Å². The fourth-order valence-corrected chi connectivity index (χ4v) is 1.95. The monoisotopic (exact) mass is 272 g/mol. The van der Waals surface area contributed by atoms with Crippen LogP contribution in [-0.2, 0) is 14.3 Å². The van der Waals surface area contributed by atoms with Crippen molar-refractivity contribution in [2.24, 2.45) is 17.1 Å². The summed E-state index contributed by atoms with van der Waals surface area (Å²) >= 11 is 0. The zero-order chi connectivity index (χ0) is 15.2. The molecule has 0 aliphatic rings. The van der Waals surface area contributed by atoms with Gasteiger partial charge in [0, 0.05) is 12.5 Å². The Hall–Kier alpha value is -1.10. The summed E-state index contributed by atoms with van der Waals surface area (Å²) in [4.78, 5) is 23.4. The molecule has 0 rings (SSSR count). The second-order valence-corrected chi connectivity index (χ2v) is 6.54. The first-order chi connectivity index (χ1) is 8.56. The van der Waals surface area contributed by atoms with Crippen molar-refractivity contribution in [3.63, 3.8) is 0 Å². The van der Waals surface area contributed by atoms with Crippen LogP contribution in [0.2, 0.25) is 0 Å². The van der Waals surface area contributed by atoms with E-state index in [-0.39, 0.29) is 29.7 Å². The van der Waals surface area contributed by atoms with Gasteiger partial charge in [0.2, 0.25) is 5.91 Å². The Balaban J connectivity index is 4.39. The maximum absolute atomic E-state index is 11.9. The number of hydrogen-bond donors (Lipinski definition) is 2. The van der Waals surface area contributed by atoms with E-state index in [1.165, 1.54) is 7.11 Å². The van der Waals surface area contributed by atoms with Crippen molar-refractivity contribution in [2.45, 2.75) is 59.5 Å². The second-order valence-electron chi connectivity index (χ2n) is 6.54. The minimum atomic E-state index is -0.612. The summed E-state index contributed by atoms with van der Waals surface area (Å²) in [5.41, 5.74) is 6.03. The van der Waals surface area contributed by atoms with Crippen molar-refractivity contribution in [3.8, 4) is 0 Å². The summed E-state index contributed by atoms with van der Waals surface area (Å²) in [5.74, 6) is -0.649. The third kappa shape index (κ3) is 7.82. The number of carbonyl (C=O) groups is 2.